The van der Waals surface area contributed by atoms with Crippen LogP contribution in [0.1, 0.15) is 15.9 Å². The van der Waals surface area contributed by atoms with Crippen molar-refractivity contribution in [1.82, 2.24) is 0 Å². The number of nitrogens with zero attached hydrogens (tertiary/aromatic N) is 1. The molecule has 0 unspecified atom stereocenters. The maximum Gasteiger partial charge on any atom is 0.264 e. The van der Waals surface area contributed by atoms with Gasteiger partial charge in [0.15, 0.2) is 0 Å². The first kappa shape index (κ1) is 21.4. The Balaban J connectivity index is 1.65. The maximum atomic E-state index is 13.3. The summed E-state index contributed by atoms with van der Waals surface area (Å²) in [4.78, 5) is 24.6. The summed E-state index contributed by atoms with van der Waals surface area (Å²) in [7, 11) is -1.06. The Morgan fingerprint density at radius 2 is 1.84 bits per heavy atom. The summed E-state index contributed by atoms with van der Waals surface area (Å²) in [6.07, 6.45) is 0.127. The average molecular weight is 452 g/mol. The molecule has 0 aliphatic carbocycles. The second-order valence-corrected chi connectivity index (χ2v) is 9.19. The molecule has 0 bridgehead atoms. The monoisotopic (exact) mass is 451 g/mol. The molecule has 32 heavy (non-hydrogen) atoms. The molecular formula is C23H21N3O5S. The first-order valence-corrected chi connectivity index (χ1v) is 11.2. The van der Waals surface area contributed by atoms with E-state index in [1.54, 1.807) is 54.6 Å². The number of fused-ring (bicyclic) bond motifs is 1. The topological polar surface area (TPSA) is 105 Å². The van der Waals surface area contributed by atoms with Gasteiger partial charge in [-0.1, -0.05) is 18.2 Å². The molecule has 1 aliphatic rings. The maximum absolute atomic E-state index is 13.3. The standard InChI is InChI=1S/C23H21N3O5S/c1-26(32(29,30)18-10-11-20-15(12-18)13-22(27)25-20)21-9-4-3-8-19(21)23(28)24-16-6-5-7-17(14-16)31-2/h3-12,14H,13H2,1-2H3,(H,24,28)(H,25,27). The molecule has 0 fully saturated rings. The molecule has 3 aromatic carbocycles. The molecule has 9 heteroatoms. The van der Waals surface area contributed by atoms with E-state index in [0.717, 1.165) is 4.31 Å². The highest BCUT2D eigenvalue weighted by Crippen LogP contribution is 2.30. The molecule has 0 radical (unpaired) electrons. The van der Waals surface area contributed by atoms with Crippen LogP contribution in [0.25, 0.3) is 0 Å². The minimum absolute atomic E-state index is 0.0401. The Labute approximate surface area is 185 Å². The zero-order valence-corrected chi connectivity index (χ0v) is 18.3. The van der Waals surface area contributed by atoms with E-state index in [-0.39, 0.29) is 28.5 Å². The molecule has 0 saturated heterocycles. The third kappa shape index (κ3) is 4.02. The van der Waals surface area contributed by atoms with Gasteiger partial charge in [0.2, 0.25) is 5.91 Å². The molecule has 1 aliphatic heterocycles. The number of nitrogens with one attached hydrogen (secondary N) is 2. The summed E-state index contributed by atoms with van der Waals surface area (Å²) < 4.78 is 32.8. The number of hydrogen-bond donors (Lipinski definition) is 2. The highest BCUT2D eigenvalue weighted by molar-refractivity contribution is 7.92. The fourth-order valence-electron chi connectivity index (χ4n) is 3.49. The van der Waals surface area contributed by atoms with Gasteiger partial charge in [0.05, 0.1) is 29.7 Å². The molecule has 0 spiro atoms. The molecule has 2 amide bonds. The number of anilines is 3. The lowest BCUT2D eigenvalue weighted by Gasteiger charge is -2.22. The minimum atomic E-state index is -3.98. The van der Waals surface area contributed by atoms with Crippen LogP contribution >= 0.6 is 0 Å². The molecule has 164 valence electrons. The molecule has 8 nitrogen and oxygen atoms in total. The third-order valence-electron chi connectivity index (χ3n) is 5.18. The number of hydrogen-bond acceptors (Lipinski definition) is 5. The highest BCUT2D eigenvalue weighted by Gasteiger charge is 2.27. The van der Waals surface area contributed by atoms with Gasteiger partial charge < -0.3 is 15.4 Å². The molecule has 4 rings (SSSR count). The quantitative estimate of drug-likeness (QED) is 0.599. The second-order valence-electron chi connectivity index (χ2n) is 7.22. The van der Waals surface area contributed by atoms with Crippen molar-refractivity contribution in [2.75, 3.05) is 29.1 Å². The van der Waals surface area contributed by atoms with E-state index in [2.05, 4.69) is 10.6 Å². The van der Waals surface area contributed by atoms with Gasteiger partial charge in [-0.15, -0.1) is 0 Å². The van der Waals surface area contributed by atoms with Crippen molar-refractivity contribution in [3.63, 3.8) is 0 Å². The lowest BCUT2D eigenvalue weighted by Crippen LogP contribution is -2.29. The third-order valence-corrected chi connectivity index (χ3v) is 6.94. The number of sulfonamides is 1. The van der Waals surface area contributed by atoms with E-state index >= 15 is 0 Å². The van der Waals surface area contributed by atoms with Crippen LogP contribution in [-0.2, 0) is 21.2 Å². The Morgan fingerprint density at radius 3 is 2.62 bits per heavy atom. The van der Waals surface area contributed by atoms with Gasteiger partial charge >= 0.3 is 0 Å². The first-order valence-electron chi connectivity index (χ1n) is 9.76. The van der Waals surface area contributed by atoms with E-state index in [1.165, 1.54) is 26.3 Å². The Morgan fingerprint density at radius 1 is 1.06 bits per heavy atom. The molecule has 3 aromatic rings. The number of rotatable bonds is 6. The summed E-state index contributed by atoms with van der Waals surface area (Å²) >= 11 is 0. The summed E-state index contributed by atoms with van der Waals surface area (Å²) in [5.41, 5.74) is 2.16. The van der Waals surface area contributed by atoms with Gasteiger partial charge in [-0.3, -0.25) is 13.9 Å². The van der Waals surface area contributed by atoms with Crippen LogP contribution in [0.15, 0.2) is 71.6 Å². The second kappa shape index (κ2) is 8.35. The number of ether oxygens (including phenoxy) is 1. The number of amides is 2. The molecular weight excluding hydrogens is 430 g/mol. The molecule has 2 N–H and O–H groups in total. The van der Waals surface area contributed by atoms with Crippen molar-refractivity contribution < 1.29 is 22.7 Å². The zero-order chi connectivity index (χ0) is 22.9. The van der Waals surface area contributed by atoms with Gasteiger partial charge in [-0.05, 0) is 48.0 Å². The van der Waals surface area contributed by atoms with Crippen LogP contribution in [0.5, 0.6) is 5.75 Å². The number of carbonyl (C=O) groups is 2. The SMILES string of the molecule is COc1cccc(NC(=O)c2ccccc2N(C)S(=O)(=O)c2ccc3c(c2)CC(=O)N3)c1. The van der Waals surface area contributed by atoms with Crippen molar-refractivity contribution in [1.29, 1.82) is 0 Å². The van der Waals surface area contributed by atoms with Crippen LogP contribution < -0.4 is 19.7 Å². The van der Waals surface area contributed by atoms with Crippen molar-refractivity contribution >= 4 is 38.9 Å². The highest BCUT2D eigenvalue weighted by atomic mass is 32.2. The Bertz CT molecular complexity index is 1320. The smallest absolute Gasteiger partial charge is 0.264 e. The number of methoxy groups -OCH3 is 1. The summed E-state index contributed by atoms with van der Waals surface area (Å²) in [5, 5.41) is 5.46. The summed E-state index contributed by atoms with van der Waals surface area (Å²) in [5.74, 6) is -0.0533. The number of carbonyl (C=O) groups excluding carboxylic acids is 2. The van der Waals surface area contributed by atoms with Gasteiger partial charge in [-0.25, -0.2) is 8.42 Å². The average Bonchev–Trinajstić information content (AvgIpc) is 3.17. The Hall–Kier alpha value is -3.85. The van der Waals surface area contributed by atoms with Gasteiger partial charge in [0.1, 0.15) is 5.75 Å². The van der Waals surface area contributed by atoms with Crippen LogP contribution in [0.2, 0.25) is 0 Å². The van der Waals surface area contributed by atoms with Crippen LogP contribution in [0.4, 0.5) is 17.1 Å². The first-order chi connectivity index (χ1) is 15.3. The largest absolute Gasteiger partial charge is 0.497 e. The van der Waals surface area contributed by atoms with Gasteiger partial charge in [0.25, 0.3) is 15.9 Å². The molecule has 0 aromatic heterocycles. The van der Waals surface area contributed by atoms with Crippen LogP contribution in [-0.4, -0.2) is 34.4 Å². The lowest BCUT2D eigenvalue weighted by molar-refractivity contribution is -0.115. The normalized spacial score (nSPS) is 12.6. The van der Waals surface area contributed by atoms with E-state index in [4.69, 9.17) is 4.74 Å². The fourth-order valence-corrected chi connectivity index (χ4v) is 4.76. The van der Waals surface area contributed by atoms with Crippen molar-refractivity contribution in [3.05, 3.63) is 77.9 Å². The van der Waals surface area contributed by atoms with E-state index in [1.807, 2.05) is 0 Å². The van der Waals surface area contributed by atoms with E-state index in [9.17, 15) is 18.0 Å². The predicted molar refractivity (Wildman–Crippen MR) is 122 cm³/mol. The summed E-state index contributed by atoms with van der Waals surface area (Å²) in [6, 6.07) is 17.8. The van der Waals surface area contributed by atoms with E-state index in [0.29, 0.717) is 22.7 Å². The van der Waals surface area contributed by atoms with E-state index < -0.39 is 15.9 Å². The van der Waals surface area contributed by atoms with Crippen molar-refractivity contribution in [2.45, 2.75) is 11.3 Å². The summed E-state index contributed by atoms with van der Waals surface area (Å²) in [6.45, 7) is 0. The molecule has 1 heterocycles. The molecule has 0 atom stereocenters. The zero-order valence-electron chi connectivity index (χ0n) is 17.5. The van der Waals surface area contributed by atoms with Crippen molar-refractivity contribution in [2.24, 2.45) is 0 Å². The fraction of sp³-hybridized carbons (Fsp3) is 0.130. The van der Waals surface area contributed by atoms with Crippen molar-refractivity contribution in [3.8, 4) is 5.75 Å². The van der Waals surface area contributed by atoms with Gasteiger partial charge in [-0.2, -0.15) is 0 Å². The number of benzene rings is 3. The Kier molecular flexibility index (Phi) is 5.58. The van der Waals surface area contributed by atoms with Crippen LogP contribution in [0.3, 0.4) is 0 Å². The molecule has 0 saturated carbocycles. The number of para-hydroxylation sites is 1. The van der Waals surface area contributed by atoms with Gasteiger partial charge in [0, 0.05) is 24.5 Å². The minimum Gasteiger partial charge on any atom is -0.497 e. The lowest BCUT2D eigenvalue weighted by atomic mass is 10.1. The van der Waals surface area contributed by atoms with Crippen LogP contribution in [0, 0.1) is 0 Å². The predicted octanol–water partition coefficient (Wildman–Crippen LogP) is 3.27.